The van der Waals surface area contributed by atoms with Crippen LogP contribution in [-0.2, 0) is 4.79 Å². The summed E-state index contributed by atoms with van der Waals surface area (Å²) in [6.07, 6.45) is 0. The van der Waals surface area contributed by atoms with Crippen LogP contribution >= 0.6 is 0 Å². The molecule has 0 fully saturated rings. The smallest absolute Gasteiger partial charge is 0.294 e. The number of halogens is 1. The molecule has 1 N–H and O–H groups in total. The summed E-state index contributed by atoms with van der Waals surface area (Å²) < 4.78 is 25.9. The van der Waals surface area contributed by atoms with E-state index in [0.29, 0.717) is 22.4 Å². The summed E-state index contributed by atoms with van der Waals surface area (Å²) in [5.74, 6) is -2.53. The summed E-state index contributed by atoms with van der Waals surface area (Å²) in [7, 11) is 1.48. The highest BCUT2D eigenvalue weighted by atomic mass is 19.1. The molecular formula is C26H18FNO5. The molecule has 2 heterocycles. The molecule has 0 bridgehead atoms. The number of para-hydroxylation sites is 2. The molecule has 1 amide bonds. The SMILES string of the molecule is COc1cccc2cc(C(=O)C3=C(O)C(=O)N(c4ccccc4)C3c3ccccc3F)oc12. The molecule has 1 aliphatic heterocycles. The second-order valence-electron chi connectivity index (χ2n) is 7.52. The lowest BCUT2D eigenvalue weighted by Crippen LogP contribution is -2.31. The third-order valence-electron chi connectivity index (χ3n) is 5.64. The van der Waals surface area contributed by atoms with Crippen LogP contribution in [0.3, 0.4) is 0 Å². The molecule has 3 aromatic carbocycles. The molecule has 0 aliphatic carbocycles. The largest absolute Gasteiger partial charge is 0.503 e. The van der Waals surface area contributed by atoms with Crippen molar-refractivity contribution in [1.82, 2.24) is 0 Å². The van der Waals surface area contributed by atoms with Crippen LogP contribution in [0.2, 0.25) is 0 Å². The summed E-state index contributed by atoms with van der Waals surface area (Å²) in [6.45, 7) is 0. The van der Waals surface area contributed by atoms with Gasteiger partial charge >= 0.3 is 0 Å². The van der Waals surface area contributed by atoms with Crippen LogP contribution in [-0.4, -0.2) is 23.9 Å². The van der Waals surface area contributed by atoms with Crippen molar-refractivity contribution in [3.05, 3.63) is 107 Å². The standard InChI is InChI=1S/C26H18FNO5/c1-32-19-13-7-8-15-14-20(33-25(15)19)23(29)21-22(17-11-5-6-12-18(17)27)28(26(31)24(21)30)16-9-3-2-4-10-16/h2-14,22,30H,1H3. The number of amides is 1. The number of benzene rings is 3. The predicted molar refractivity (Wildman–Crippen MR) is 120 cm³/mol. The van der Waals surface area contributed by atoms with Gasteiger partial charge in [-0.25, -0.2) is 4.39 Å². The van der Waals surface area contributed by atoms with Crippen molar-refractivity contribution in [3.63, 3.8) is 0 Å². The Morgan fingerprint density at radius 2 is 1.76 bits per heavy atom. The molecule has 0 radical (unpaired) electrons. The van der Waals surface area contributed by atoms with Gasteiger partial charge in [0.25, 0.3) is 5.91 Å². The van der Waals surface area contributed by atoms with E-state index in [9.17, 15) is 19.1 Å². The van der Waals surface area contributed by atoms with E-state index in [4.69, 9.17) is 9.15 Å². The second-order valence-corrected chi connectivity index (χ2v) is 7.52. The zero-order chi connectivity index (χ0) is 23.1. The van der Waals surface area contributed by atoms with Gasteiger partial charge in [-0.05, 0) is 30.3 Å². The highest BCUT2D eigenvalue weighted by Crippen LogP contribution is 2.43. The minimum absolute atomic E-state index is 0.0794. The first-order chi connectivity index (χ1) is 16.0. The summed E-state index contributed by atoms with van der Waals surface area (Å²) in [5.41, 5.74) is 0.592. The third kappa shape index (κ3) is 3.25. The molecule has 6 nitrogen and oxygen atoms in total. The number of rotatable bonds is 5. The minimum atomic E-state index is -1.18. The maximum Gasteiger partial charge on any atom is 0.294 e. The van der Waals surface area contributed by atoms with Crippen molar-refractivity contribution in [2.45, 2.75) is 6.04 Å². The molecule has 0 saturated carbocycles. The van der Waals surface area contributed by atoms with Crippen LogP contribution in [0, 0.1) is 5.82 Å². The number of ketones is 1. The van der Waals surface area contributed by atoms with E-state index in [-0.39, 0.29) is 16.9 Å². The topological polar surface area (TPSA) is 80.0 Å². The van der Waals surface area contributed by atoms with Crippen molar-refractivity contribution in [1.29, 1.82) is 0 Å². The van der Waals surface area contributed by atoms with E-state index in [0.717, 1.165) is 0 Å². The highest BCUT2D eigenvalue weighted by Gasteiger charge is 2.46. The van der Waals surface area contributed by atoms with Crippen LogP contribution < -0.4 is 9.64 Å². The summed E-state index contributed by atoms with van der Waals surface area (Å²) in [5, 5.41) is 11.4. The number of nitrogens with zero attached hydrogens (tertiary/aromatic N) is 1. The minimum Gasteiger partial charge on any atom is -0.503 e. The Balaban J connectivity index is 1.68. The van der Waals surface area contributed by atoms with Gasteiger partial charge in [0.1, 0.15) is 5.82 Å². The van der Waals surface area contributed by atoms with Crippen molar-refractivity contribution >= 4 is 28.3 Å². The maximum absolute atomic E-state index is 14.9. The predicted octanol–water partition coefficient (Wildman–Crippen LogP) is 5.36. The van der Waals surface area contributed by atoms with Crippen molar-refractivity contribution in [2.24, 2.45) is 0 Å². The average molecular weight is 443 g/mol. The Labute approximate surface area is 188 Å². The number of hydrogen-bond donors (Lipinski definition) is 1. The maximum atomic E-state index is 14.9. The fraction of sp³-hybridized carbons (Fsp3) is 0.0769. The summed E-state index contributed by atoms with van der Waals surface area (Å²) in [4.78, 5) is 27.9. The second kappa shape index (κ2) is 7.94. The number of ether oxygens (including phenoxy) is 1. The van der Waals surface area contributed by atoms with Crippen molar-refractivity contribution in [3.8, 4) is 5.75 Å². The highest BCUT2D eigenvalue weighted by molar-refractivity contribution is 6.20. The molecule has 4 aromatic rings. The number of aliphatic hydroxyl groups is 1. The van der Waals surface area contributed by atoms with Gasteiger partial charge in [-0.2, -0.15) is 0 Å². The number of Topliss-reactive ketones (excluding diaryl/α,β-unsaturated/α-hetero) is 1. The first-order valence-electron chi connectivity index (χ1n) is 10.2. The number of carbonyl (C=O) groups is 2. The molecule has 33 heavy (non-hydrogen) atoms. The lowest BCUT2D eigenvalue weighted by molar-refractivity contribution is -0.117. The molecule has 0 spiro atoms. The van der Waals surface area contributed by atoms with Gasteiger partial charge in [0.05, 0.1) is 18.7 Å². The van der Waals surface area contributed by atoms with Crippen LogP contribution in [0.5, 0.6) is 5.75 Å². The Morgan fingerprint density at radius 1 is 1.03 bits per heavy atom. The van der Waals surface area contributed by atoms with Crippen molar-refractivity contribution < 1.29 is 28.2 Å². The fourth-order valence-electron chi connectivity index (χ4n) is 4.12. The van der Waals surface area contributed by atoms with Gasteiger partial charge in [-0.3, -0.25) is 14.5 Å². The number of furan rings is 1. The fourth-order valence-corrected chi connectivity index (χ4v) is 4.12. The average Bonchev–Trinajstić information content (AvgIpc) is 3.39. The molecule has 1 atom stereocenters. The van der Waals surface area contributed by atoms with Crippen LogP contribution in [0.1, 0.15) is 22.2 Å². The first kappa shape index (κ1) is 20.5. The molecule has 5 rings (SSSR count). The van der Waals surface area contributed by atoms with E-state index >= 15 is 0 Å². The Bertz CT molecular complexity index is 1420. The van der Waals surface area contributed by atoms with Crippen LogP contribution in [0.25, 0.3) is 11.0 Å². The monoisotopic (exact) mass is 443 g/mol. The Hall–Kier alpha value is -4.39. The number of carbonyl (C=O) groups excluding carboxylic acids is 2. The Morgan fingerprint density at radius 3 is 2.48 bits per heavy atom. The lowest BCUT2D eigenvalue weighted by atomic mass is 9.94. The molecular weight excluding hydrogens is 425 g/mol. The lowest BCUT2D eigenvalue weighted by Gasteiger charge is -2.27. The van der Waals surface area contributed by atoms with Crippen molar-refractivity contribution in [2.75, 3.05) is 12.0 Å². The van der Waals surface area contributed by atoms with E-state index in [2.05, 4.69) is 0 Å². The summed E-state index contributed by atoms with van der Waals surface area (Å²) in [6, 6.07) is 19.9. The third-order valence-corrected chi connectivity index (χ3v) is 5.64. The van der Waals surface area contributed by atoms with E-state index in [1.54, 1.807) is 54.6 Å². The number of hydrogen-bond acceptors (Lipinski definition) is 5. The Kier molecular flexibility index (Phi) is 4.94. The molecule has 0 saturated heterocycles. The van der Waals surface area contributed by atoms with Gasteiger partial charge in [0.2, 0.25) is 5.78 Å². The normalized spacial score (nSPS) is 16.0. The van der Waals surface area contributed by atoms with E-state index in [1.807, 2.05) is 0 Å². The zero-order valence-corrected chi connectivity index (χ0v) is 17.5. The number of aliphatic hydroxyl groups excluding tert-OH is 1. The number of methoxy groups -OCH3 is 1. The molecule has 164 valence electrons. The van der Waals surface area contributed by atoms with E-state index in [1.165, 1.54) is 36.3 Å². The van der Waals surface area contributed by atoms with Crippen LogP contribution in [0.4, 0.5) is 10.1 Å². The van der Waals surface area contributed by atoms with E-state index < -0.39 is 29.3 Å². The molecule has 1 aromatic heterocycles. The quantitative estimate of drug-likeness (QED) is 0.420. The first-order valence-corrected chi connectivity index (χ1v) is 10.2. The van der Waals surface area contributed by atoms with Crippen LogP contribution in [0.15, 0.2) is 94.6 Å². The van der Waals surface area contributed by atoms with Gasteiger partial charge in [0.15, 0.2) is 22.9 Å². The molecule has 1 aliphatic rings. The number of fused-ring (bicyclic) bond motifs is 1. The van der Waals surface area contributed by atoms with Gasteiger partial charge in [-0.1, -0.05) is 48.5 Å². The number of anilines is 1. The van der Waals surface area contributed by atoms with Gasteiger partial charge in [-0.15, -0.1) is 0 Å². The van der Waals surface area contributed by atoms with Gasteiger partial charge < -0.3 is 14.3 Å². The molecule has 7 heteroatoms. The summed E-state index contributed by atoms with van der Waals surface area (Å²) >= 11 is 0. The van der Waals surface area contributed by atoms with Gasteiger partial charge in [0, 0.05) is 16.6 Å². The molecule has 1 unspecified atom stereocenters. The zero-order valence-electron chi connectivity index (χ0n) is 17.5.